The summed E-state index contributed by atoms with van der Waals surface area (Å²) in [5.41, 5.74) is 9.60. The Morgan fingerprint density at radius 3 is 1.73 bits per heavy atom. The molecule has 0 unspecified atom stereocenters. The molecule has 2 heteroatoms. The van der Waals surface area contributed by atoms with Gasteiger partial charge in [0.1, 0.15) is 0 Å². The molecular weight excluding hydrogens is 386 g/mol. The van der Waals surface area contributed by atoms with Crippen LogP contribution in [0.4, 0.5) is 17.1 Å². The fraction of sp³-hybridized carbons (Fsp3) is 0.143. The third-order valence-electron chi connectivity index (χ3n) is 5.54. The minimum atomic E-state index is 0.796. The van der Waals surface area contributed by atoms with Crippen molar-refractivity contribution in [2.75, 3.05) is 4.90 Å². The smallest absolute Gasteiger partial charge is 0.0682 e. The van der Waals surface area contributed by atoms with E-state index in [2.05, 4.69) is 105 Å². The average Bonchev–Trinajstić information content (AvgIpc) is 2.74. The topological polar surface area (TPSA) is 3.24 Å². The highest BCUT2D eigenvalue weighted by atomic mass is 35.5. The Hall–Kier alpha value is -3.03. The van der Waals surface area contributed by atoms with E-state index in [9.17, 15) is 0 Å². The number of anilines is 3. The van der Waals surface area contributed by atoms with Crippen LogP contribution in [0.2, 0.25) is 5.02 Å². The summed E-state index contributed by atoms with van der Waals surface area (Å²) in [6.45, 7) is 6.52. The van der Waals surface area contributed by atoms with Gasteiger partial charge in [-0.15, -0.1) is 0 Å². The van der Waals surface area contributed by atoms with Crippen molar-refractivity contribution >= 4 is 28.7 Å². The zero-order valence-corrected chi connectivity index (χ0v) is 18.4. The second-order valence-corrected chi connectivity index (χ2v) is 8.19. The Morgan fingerprint density at radius 2 is 1.20 bits per heavy atom. The molecule has 0 atom stereocenters. The summed E-state index contributed by atoms with van der Waals surface area (Å²) in [6, 6.07) is 31.6. The predicted molar refractivity (Wildman–Crippen MR) is 130 cm³/mol. The van der Waals surface area contributed by atoms with Crippen LogP contribution in [0.25, 0.3) is 0 Å². The number of para-hydroxylation sites is 2. The van der Waals surface area contributed by atoms with E-state index in [0.717, 1.165) is 34.1 Å². The minimum absolute atomic E-state index is 0.796. The van der Waals surface area contributed by atoms with E-state index in [4.69, 9.17) is 11.6 Å². The van der Waals surface area contributed by atoms with Crippen LogP contribution in [0.1, 0.15) is 27.8 Å². The number of hydrogen-bond donors (Lipinski definition) is 0. The Balaban J connectivity index is 1.81. The monoisotopic (exact) mass is 411 g/mol. The third kappa shape index (κ3) is 4.13. The van der Waals surface area contributed by atoms with Crippen molar-refractivity contribution in [2.45, 2.75) is 27.2 Å². The zero-order valence-electron chi connectivity index (χ0n) is 17.7. The lowest BCUT2D eigenvalue weighted by Gasteiger charge is -2.27. The van der Waals surface area contributed by atoms with Gasteiger partial charge in [-0.1, -0.05) is 77.8 Å². The fourth-order valence-corrected chi connectivity index (χ4v) is 4.41. The third-order valence-corrected chi connectivity index (χ3v) is 5.97. The van der Waals surface area contributed by atoms with Gasteiger partial charge in [0, 0.05) is 11.4 Å². The van der Waals surface area contributed by atoms with Crippen molar-refractivity contribution in [1.82, 2.24) is 0 Å². The highest BCUT2D eigenvalue weighted by molar-refractivity contribution is 6.34. The van der Waals surface area contributed by atoms with Gasteiger partial charge in [0.05, 0.1) is 10.7 Å². The first-order valence-corrected chi connectivity index (χ1v) is 10.7. The van der Waals surface area contributed by atoms with Gasteiger partial charge in [0.15, 0.2) is 0 Å². The van der Waals surface area contributed by atoms with Crippen LogP contribution in [0.5, 0.6) is 0 Å². The Morgan fingerprint density at radius 1 is 0.667 bits per heavy atom. The van der Waals surface area contributed by atoms with Crippen LogP contribution in [0.3, 0.4) is 0 Å². The number of benzene rings is 4. The molecule has 0 aliphatic rings. The highest BCUT2D eigenvalue weighted by Crippen LogP contribution is 2.40. The lowest BCUT2D eigenvalue weighted by molar-refractivity contribution is 1.11. The highest BCUT2D eigenvalue weighted by Gasteiger charge is 2.18. The Bertz CT molecular complexity index is 1090. The van der Waals surface area contributed by atoms with Crippen molar-refractivity contribution in [3.05, 3.63) is 124 Å². The van der Waals surface area contributed by atoms with E-state index in [1.54, 1.807) is 0 Å². The molecule has 0 aliphatic heterocycles. The second kappa shape index (κ2) is 8.77. The number of nitrogens with zero attached hydrogens (tertiary/aromatic N) is 1. The van der Waals surface area contributed by atoms with Crippen molar-refractivity contribution in [2.24, 2.45) is 0 Å². The summed E-state index contributed by atoms with van der Waals surface area (Å²) in [5, 5.41) is 0.796. The number of hydrogen-bond acceptors (Lipinski definition) is 1. The van der Waals surface area contributed by atoms with Gasteiger partial charge in [-0.2, -0.15) is 0 Å². The quantitative estimate of drug-likeness (QED) is 0.319. The predicted octanol–water partition coefficient (Wildman–Crippen LogP) is 8.33. The lowest BCUT2D eigenvalue weighted by Crippen LogP contribution is -2.11. The maximum Gasteiger partial charge on any atom is 0.0682 e. The van der Waals surface area contributed by atoms with Crippen molar-refractivity contribution in [3.8, 4) is 0 Å². The minimum Gasteiger partial charge on any atom is -0.309 e. The molecule has 0 fully saturated rings. The van der Waals surface area contributed by atoms with E-state index < -0.39 is 0 Å². The van der Waals surface area contributed by atoms with Crippen LogP contribution < -0.4 is 4.90 Å². The maximum absolute atomic E-state index is 7.05. The second-order valence-electron chi connectivity index (χ2n) is 7.81. The summed E-state index contributed by atoms with van der Waals surface area (Å²) in [6.07, 6.45) is 0.821. The molecule has 0 saturated carbocycles. The first kappa shape index (κ1) is 20.3. The standard InChI is InChI=1S/C28H26ClN/c1-20-17-21(2)26(22(3)18-20)19-23-11-10-16-27(28(23)29)30(24-12-6-4-7-13-24)25-14-8-5-9-15-25/h4-18H,19H2,1-3H3. The molecule has 0 N–H and O–H groups in total. The number of rotatable bonds is 5. The van der Waals surface area contributed by atoms with Gasteiger partial charge < -0.3 is 4.90 Å². The van der Waals surface area contributed by atoms with Gasteiger partial charge in [-0.25, -0.2) is 0 Å². The van der Waals surface area contributed by atoms with Crippen molar-refractivity contribution < 1.29 is 0 Å². The largest absolute Gasteiger partial charge is 0.309 e. The molecule has 0 heterocycles. The number of aryl methyl sites for hydroxylation is 3. The molecule has 30 heavy (non-hydrogen) atoms. The molecule has 0 bridgehead atoms. The van der Waals surface area contributed by atoms with Crippen LogP contribution >= 0.6 is 11.6 Å². The molecule has 0 amide bonds. The van der Waals surface area contributed by atoms with Gasteiger partial charge in [0.2, 0.25) is 0 Å². The molecule has 4 aromatic rings. The first-order chi connectivity index (χ1) is 14.5. The van der Waals surface area contributed by atoms with E-state index in [1.165, 1.54) is 22.3 Å². The van der Waals surface area contributed by atoms with Gasteiger partial charge in [-0.05, 0) is 79.8 Å². The number of halogens is 1. The Labute approximate surface area is 184 Å². The average molecular weight is 412 g/mol. The maximum atomic E-state index is 7.05. The van der Waals surface area contributed by atoms with E-state index in [0.29, 0.717) is 0 Å². The first-order valence-electron chi connectivity index (χ1n) is 10.3. The molecule has 0 radical (unpaired) electrons. The van der Waals surface area contributed by atoms with Crippen molar-refractivity contribution in [3.63, 3.8) is 0 Å². The molecular formula is C28H26ClN. The zero-order chi connectivity index (χ0) is 21.1. The Kier molecular flexibility index (Phi) is 5.92. The molecule has 0 aromatic heterocycles. The van der Waals surface area contributed by atoms with Crippen molar-refractivity contribution in [1.29, 1.82) is 0 Å². The molecule has 4 aromatic carbocycles. The molecule has 0 aliphatic carbocycles. The molecule has 150 valence electrons. The van der Waals surface area contributed by atoms with Gasteiger partial charge in [0.25, 0.3) is 0 Å². The van der Waals surface area contributed by atoms with Gasteiger partial charge in [-0.3, -0.25) is 0 Å². The van der Waals surface area contributed by atoms with Gasteiger partial charge >= 0.3 is 0 Å². The lowest BCUT2D eigenvalue weighted by atomic mass is 9.94. The van der Waals surface area contributed by atoms with Crippen LogP contribution in [-0.4, -0.2) is 0 Å². The molecule has 0 saturated heterocycles. The van der Waals surface area contributed by atoms with E-state index >= 15 is 0 Å². The van der Waals surface area contributed by atoms with Crippen LogP contribution in [-0.2, 0) is 6.42 Å². The van der Waals surface area contributed by atoms with E-state index in [-0.39, 0.29) is 0 Å². The normalized spacial score (nSPS) is 10.8. The summed E-state index contributed by atoms with van der Waals surface area (Å²) in [7, 11) is 0. The van der Waals surface area contributed by atoms with Crippen LogP contribution in [0.15, 0.2) is 91.0 Å². The molecule has 4 rings (SSSR count). The van der Waals surface area contributed by atoms with Crippen LogP contribution in [0, 0.1) is 20.8 Å². The molecule has 0 spiro atoms. The molecule has 1 nitrogen and oxygen atoms in total. The summed E-state index contributed by atoms with van der Waals surface area (Å²) in [4.78, 5) is 2.22. The fourth-order valence-electron chi connectivity index (χ4n) is 4.14. The summed E-state index contributed by atoms with van der Waals surface area (Å²) in [5.74, 6) is 0. The summed E-state index contributed by atoms with van der Waals surface area (Å²) < 4.78 is 0. The summed E-state index contributed by atoms with van der Waals surface area (Å²) >= 11 is 7.05. The SMILES string of the molecule is Cc1cc(C)c(Cc2cccc(N(c3ccccc3)c3ccccc3)c2Cl)c(C)c1. The van der Waals surface area contributed by atoms with E-state index in [1.807, 2.05) is 12.1 Å².